The zero-order chi connectivity index (χ0) is 40.1. The van der Waals surface area contributed by atoms with Crippen LogP contribution in [0.2, 0.25) is 0 Å². The molecule has 0 spiro atoms. The first-order valence-electron chi connectivity index (χ1n) is 19.1. The Morgan fingerprint density at radius 2 is 1.11 bits per heavy atom. The standard InChI is InChI=1S/C23H23F2N3O3.C21H20F2N2O/c1-31-13-22(29)28-6-2-3-15(12-28)14-4-5-20-16(7-14)8-21(27-20)23(30)26-19-10-17(24)9-18(25)11-19;22-16-10-17(23)12-18(11-16)24-21(26)20-9-15-8-14(6-7-19(15)25-20)13-4-2-1-3-5-13/h4-5,7-11,15,27H,2-3,6,12-13H2,1H3,(H,26,30);6-13,25H,1-5H2,(H,24,26). The number of hydrogen-bond acceptors (Lipinski definition) is 4. The molecule has 1 atom stereocenters. The van der Waals surface area contributed by atoms with E-state index in [1.165, 1.54) is 44.8 Å². The molecule has 1 aliphatic carbocycles. The second-order valence-electron chi connectivity index (χ2n) is 14.7. The molecule has 296 valence electrons. The van der Waals surface area contributed by atoms with Crippen molar-refractivity contribution in [3.05, 3.63) is 131 Å². The first-order valence-corrected chi connectivity index (χ1v) is 19.1. The largest absolute Gasteiger partial charge is 0.375 e. The molecule has 0 bridgehead atoms. The lowest BCUT2D eigenvalue weighted by molar-refractivity contribution is -0.136. The molecular formula is C44H43F4N5O4. The molecule has 1 aliphatic heterocycles. The molecule has 1 saturated heterocycles. The molecule has 2 aliphatic rings. The van der Waals surface area contributed by atoms with Crippen LogP contribution in [0.3, 0.4) is 0 Å². The van der Waals surface area contributed by atoms with E-state index in [1.54, 1.807) is 12.1 Å². The number of carbonyl (C=O) groups excluding carboxylic acids is 3. The van der Waals surface area contributed by atoms with Crippen LogP contribution in [0.5, 0.6) is 0 Å². The van der Waals surface area contributed by atoms with Crippen molar-refractivity contribution in [1.82, 2.24) is 14.9 Å². The summed E-state index contributed by atoms with van der Waals surface area (Å²) in [6, 6.07) is 21.5. The van der Waals surface area contributed by atoms with E-state index in [0.717, 1.165) is 83.2 Å². The molecule has 1 saturated carbocycles. The Morgan fingerprint density at radius 1 is 0.632 bits per heavy atom. The number of nitrogens with one attached hydrogen (secondary N) is 4. The van der Waals surface area contributed by atoms with Crippen molar-refractivity contribution in [2.24, 2.45) is 0 Å². The van der Waals surface area contributed by atoms with Gasteiger partial charge in [-0.25, -0.2) is 17.6 Å². The molecule has 0 radical (unpaired) electrons. The van der Waals surface area contributed by atoms with E-state index >= 15 is 0 Å². The van der Waals surface area contributed by atoms with E-state index in [-0.39, 0.29) is 35.5 Å². The van der Waals surface area contributed by atoms with Gasteiger partial charge in [0.2, 0.25) is 5.91 Å². The van der Waals surface area contributed by atoms with Gasteiger partial charge in [0, 0.05) is 71.4 Å². The number of likely N-dealkylation sites (tertiary alicyclic amines) is 1. The highest BCUT2D eigenvalue weighted by atomic mass is 19.1. The summed E-state index contributed by atoms with van der Waals surface area (Å²) < 4.78 is 58.2. The number of anilines is 2. The molecule has 3 heterocycles. The number of hydrogen-bond donors (Lipinski definition) is 4. The Balaban J connectivity index is 0.000000177. The van der Waals surface area contributed by atoms with Crippen molar-refractivity contribution in [2.45, 2.75) is 56.8 Å². The molecule has 13 heteroatoms. The van der Waals surface area contributed by atoms with Gasteiger partial charge in [-0.2, -0.15) is 0 Å². The van der Waals surface area contributed by atoms with Crippen molar-refractivity contribution in [3.63, 3.8) is 0 Å². The minimum atomic E-state index is -0.762. The number of ether oxygens (including phenoxy) is 1. The maximum Gasteiger partial charge on any atom is 0.272 e. The zero-order valence-corrected chi connectivity index (χ0v) is 31.4. The lowest BCUT2D eigenvalue weighted by Crippen LogP contribution is -2.40. The van der Waals surface area contributed by atoms with Crippen LogP contribution in [-0.2, 0) is 9.53 Å². The third-order valence-corrected chi connectivity index (χ3v) is 10.6. The van der Waals surface area contributed by atoms with Crippen molar-refractivity contribution in [1.29, 1.82) is 0 Å². The number of rotatable bonds is 8. The predicted octanol–water partition coefficient (Wildman–Crippen LogP) is 9.80. The molecule has 8 rings (SSSR count). The number of fused-ring (bicyclic) bond motifs is 2. The van der Waals surface area contributed by atoms with Crippen LogP contribution < -0.4 is 10.6 Å². The summed E-state index contributed by atoms with van der Waals surface area (Å²) >= 11 is 0. The molecular weight excluding hydrogens is 739 g/mol. The lowest BCUT2D eigenvalue weighted by atomic mass is 9.84. The number of halogens is 4. The molecule has 2 fully saturated rings. The molecule has 4 aromatic carbocycles. The van der Waals surface area contributed by atoms with E-state index in [0.29, 0.717) is 18.2 Å². The smallest absolute Gasteiger partial charge is 0.272 e. The van der Waals surface area contributed by atoms with Crippen LogP contribution in [0.15, 0.2) is 84.9 Å². The van der Waals surface area contributed by atoms with Gasteiger partial charge in [0.1, 0.15) is 41.3 Å². The third-order valence-electron chi connectivity index (χ3n) is 10.6. The SMILES string of the molecule is COCC(=O)N1CCCC(c2ccc3[nH]c(C(=O)Nc4cc(F)cc(F)c4)cc3c2)C1.O=C(Nc1cc(F)cc(F)c1)c1cc2cc(C3CCCCC3)ccc2[nH]1. The Hall–Kier alpha value is -5.95. The van der Waals surface area contributed by atoms with E-state index in [2.05, 4.69) is 32.7 Å². The number of benzene rings is 4. The van der Waals surface area contributed by atoms with Crippen LogP contribution >= 0.6 is 0 Å². The molecule has 9 nitrogen and oxygen atoms in total. The summed E-state index contributed by atoms with van der Waals surface area (Å²) in [7, 11) is 1.51. The molecule has 4 N–H and O–H groups in total. The first kappa shape index (κ1) is 39.3. The molecule has 2 aromatic heterocycles. The number of methoxy groups -OCH3 is 1. The van der Waals surface area contributed by atoms with Crippen molar-refractivity contribution in [3.8, 4) is 0 Å². The second-order valence-corrected chi connectivity index (χ2v) is 14.7. The lowest BCUT2D eigenvalue weighted by Gasteiger charge is -2.33. The average Bonchev–Trinajstić information content (AvgIpc) is 3.82. The summed E-state index contributed by atoms with van der Waals surface area (Å²) in [5, 5.41) is 6.86. The van der Waals surface area contributed by atoms with Gasteiger partial charge in [0.15, 0.2) is 0 Å². The molecule has 1 unspecified atom stereocenters. The summed E-state index contributed by atoms with van der Waals surface area (Å²) in [6.45, 7) is 1.45. The van der Waals surface area contributed by atoms with Gasteiger partial charge in [-0.05, 0) is 103 Å². The van der Waals surface area contributed by atoms with Crippen LogP contribution in [0.1, 0.15) is 88.9 Å². The van der Waals surface area contributed by atoms with Crippen molar-refractivity contribution in [2.75, 3.05) is 37.4 Å². The fourth-order valence-electron chi connectivity index (χ4n) is 7.83. The van der Waals surface area contributed by atoms with Gasteiger partial charge in [0.05, 0.1) is 0 Å². The van der Waals surface area contributed by atoms with E-state index in [9.17, 15) is 31.9 Å². The highest BCUT2D eigenvalue weighted by molar-refractivity contribution is 6.06. The van der Waals surface area contributed by atoms with Gasteiger partial charge < -0.3 is 30.2 Å². The summed E-state index contributed by atoms with van der Waals surface area (Å²) in [5.74, 6) is -3.10. The summed E-state index contributed by atoms with van der Waals surface area (Å²) in [5.41, 5.74) is 4.86. The number of aromatic nitrogens is 2. The molecule has 3 amide bonds. The zero-order valence-electron chi connectivity index (χ0n) is 31.4. The quantitative estimate of drug-likeness (QED) is 0.115. The Kier molecular flexibility index (Phi) is 12.0. The number of carbonyl (C=O) groups is 3. The number of H-pyrrole nitrogens is 2. The van der Waals surface area contributed by atoms with Crippen LogP contribution in [0, 0.1) is 23.3 Å². The number of amides is 3. The average molecular weight is 782 g/mol. The van der Waals surface area contributed by atoms with Crippen LogP contribution in [-0.4, -0.2) is 59.4 Å². The van der Waals surface area contributed by atoms with Gasteiger partial charge >= 0.3 is 0 Å². The fourth-order valence-corrected chi connectivity index (χ4v) is 7.83. The van der Waals surface area contributed by atoms with Crippen LogP contribution in [0.25, 0.3) is 21.8 Å². The van der Waals surface area contributed by atoms with E-state index in [1.807, 2.05) is 29.2 Å². The van der Waals surface area contributed by atoms with Crippen LogP contribution in [0.4, 0.5) is 28.9 Å². The first-order chi connectivity index (χ1) is 27.5. The minimum Gasteiger partial charge on any atom is -0.375 e. The number of nitrogens with zero attached hydrogens (tertiary/aromatic N) is 1. The number of aromatic amines is 2. The normalized spacial score (nSPS) is 15.9. The van der Waals surface area contributed by atoms with E-state index < -0.39 is 35.1 Å². The Bertz CT molecular complexity index is 2380. The van der Waals surface area contributed by atoms with Crippen molar-refractivity contribution >= 4 is 50.9 Å². The van der Waals surface area contributed by atoms with Gasteiger partial charge in [-0.15, -0.1) is 0 Å². The Labute approximate surface area is 326 Å². The number of piperidine rings is 1. The predicted molar refractivity (Wildman–Crippen MR) is 211 cm³/mol. The maximum atomic E-state index is 13.4. The van der Waals surface area contributed by atoms with E-state index in [4.69, 9.17) is 4.74 Å². The fraction of sp³-hybridized carbons (Fsp3) is 0.295. The monoisotopic (exact) mass is 781 g/mol. The minimum absolute atomic E-state index is 0.0114. The van der Waals surface area contributed by atoms with Crippen molar-refractivity contribution < 1.29 is 36.7 Å². The van der Waals surface area contributed by atoms with Gasteiger partial charge in [0.25, 0.3) is 11.8 Å². The molecule has 57 heavy (non-hydrogen) atoms. The maximum absolute atomic E-state index is 13.4. The Morgan fingerprint density at radius 3 is 1.60 bits per heavy atom. The summed E-state index contributed by atoms with van der Waals surface area (Å²) in [4.78, 5) is 45.0. The third kappa shape index (κ3) is 9.72. The molecule has 6 aromatic rings. The van der Waals surface area contributed by atoms with Gasteiger partial charge in [-0.3, -0.25) is 14.4 Å². The summed E-state index contributed by atoms with van der Waals surface area (Å²) in [6.07, 6.45) is 8.19. The highest BCUT2D eigenvalue weighted by Crippen LogP contribution is 2.34. The topological polar surface area (TPSA) is 119 Å². The second kappa shape index (κ2) is 17.5. The highest BCUT2D eigenvalue weighted by Gasteiger charge is 2.25. The van der Waals surface area contributed by atoms with Gasteiger partial charge in [-0.1, -0.05) is 31.4 Å².